The van der Waals surface area contributed by atoms with E-state index in [1.807, 2.05) is 71.0 Å². The van der Waals surface area contributed by atoms with E-state index < -0.39 is 54.8 Å². The first kappa shape index (κ1) is 31.7. The fourth-order valence-corrected chi connectivity index (χ4v) is 7.54. The summed E-state index contributed by atoms with van der Waals surface area (Å²) in [5, 5.41) is 5.33. The van der Waals surface area contributed by atoms with Crippen LogP contribution >= 0.6 is 11.3 Å². The fourth-order valence-electron chi connectivity index (χ4n) is 6.52. The van der Waals surface area contributed by atoms with Crippen molar-refractivity contribution in [2.45, 2.75) is 95.5 Å². The quantitative estimate of drug-likeness (QED) is 0.292. The Labute approximate surface area is 267 Å². The molecule has 3 aliphatic rings. The van der Waals surface area contributed by atoms with Crippen molar-refractivity contribution >= 4 is 35.9 Å². The minimum Gasteiger partial charge on any atom is -0.444 e. The van der Waals surface area contributed by atoms with Gasteiger partial charge in [-0.3, -0.25) is 4.79 Å². The third-order valence-corrected chi connectivity index (χ3v) is 11.0. The van der Waals surface area contributed by atoms with Crippen molar-refractivity contribution in [2.24, 2.45) is 0 Å². The van der Waals surface area contributed by atoms with E-state index in [9.17, 15) is 9.59 Å². The summed E-state index contributed by atoms with van der Waals surface area (Å²) in [7, 11) is -0.669. The van der Waals surface area contributed by atoms with Crippen molar-refractivity contribution < 1.29 is 32.4 Å². The van der Waals surface area contributed by atoms with Crippen LogP contribution in [0, 0.1) is 0 Å². The minimum atomic E-state index is -3.25. The maximum Gasteiger partial charge on any atom is 0.496 e. The zero-order valence-electron chi connectivity index (χ0n) is 26.2. The molecular formula is C34H39BF2N2O5S. The normalized spacial score (nSPS) is 22.9. The first-order valence-corrected chi connectivity index (χ1v) is 16.4. The lowest BCUT2D eigenvalue weighted by Crippen LogP contribution is -2.58. The molecule has 0 unspecified atom stereocenters. The van der Waals surface area contributed by atoms with Crippen LogP contribution in [0.15, 0.2) is 54.6 Å². The molecule has 0 spiro atoms. The lowest BCUT2D eigenvalue weighted by molar-refractivity contribution is -0.106. The van der Waals surface area contributed by atoms with Crippen LogP contribution in [0.5, 0.6) is 0 Å². The summed E-state index contributed by atoms with van der Waals surface area (Å²) in [6, 6.07) is 16.1. The molecule has 2 heterocycles. The van der Waals surface area contributed by atoms with Crippen molar-refractivity contribution in [2.75, 3.05) is 6.54 Å². The van der Waals surface area contributed by atoms with E-state index in [2.05, 4.69) is 22.8 Å². The molecule has 1 aromatic heterocycles. The van der Waals surface area contributed by atoms with Gasteiger partial charge in [0, 0.05) is 23.8 Å². The largest absolute Gasteiger partial charge is 0.496 e. The Morgan fingerprint density at radius 2 is 1.60 bits per heavy atom. The molecule has 1 aliphatic heterocycles. The Morgan fingerprint density at radius 1 is 1.00 bits per heavy atom. The molecular weight excluding hydrogens is 597 g/mol. The number of hydrogen-bond donors (Lipinski definition) is 2. The number of thiophene rings is 1. The van der Waals surface area contributed by atoms with Crippen LogP contribution in [0.3, 0.4) is 0 Å². The Hall–Kier alpha value is -3.28. The van der Waals surface area contributed by atoms with Gasteiger partial charge >= 0.3 is 13.2 Å². The van der Waals surface area contributed by atoms with E-state index >= 15 is 8.78 Å². The second-order valence-corrected chi connectivity index (χ2v) is 14.2. The van der Waals surface area contributed by atoms with Crippen molar-refractivity contribution in [3.8, 4) is 11.1 Å². The van der Waals surface area contributed by atoms with E-state index in [1.165, 1.54) is 11.3 Å². The van der Waals surface area contributed by atoms with E-state index in [-0.39, 0.29) is 30.2 Å². The Kier molecular flexibility index (Phi) is 8.33. The number of amides is 2. The van der Waals surface area contributed by atoms with Crippen LogP contribution in [0.2, 0.25) is 0 Å². The number of aryl methyl sites for hydroxylation is 1. The van der Waals surface area contributed by atoms with Gasteiger partial charge in [-0.15, -0.1) is 11.3 Å². The third-order valence-electron chi connectivity index (χ3n) is 9.68. The van der Waals surface area contributed by atoms with Gasteiger partial charge in [0.2, 0.25) is 0 Å². The van der Waals surface area contributed by atoms with Gasteiger partial charge in [-0.2, -0.15) is 0 Å². The number of fused-ring (bicyclic) bond motifs is 3. The number of alkyl carbamates (subject to hydrolysis) is 1. The number of ether oxygens (including phenoxy) is 1. The van der Waals surface area contributed by atoms with E-state index in [0.717, 1.165) is 32.6 Å². The highest BCUT2D eigenvalue weighted by atomic mass is 32.1. The molecule has 0 bridgehead atoms. The van der Waals surface area contributed by atoms with Crippen LogP contribution in [-0.4, -0.2) is 54.9 Å². The summed E-state index contributed by atoms with van der Waals surface area (Å²) in [4.78, 5) is 27.6. The predicted molar refractivity (Wildman–Crippen MR) is 171 cm³/mol. The SMILES string of the molecule is CCc1sc(C(=O)N[C@@H]2[C@@H](OC(=O)NCC3c4ccccc4-c4ccccc43)CCCC2(F)F)cc1B1OC(C)(C)C(C)(C)O1. The van der Waals surface area contributed by atoms with Gasteiger partial charge in [-0.05, 0) is 80.7 Å². The summed E-state index contributed by atoms with van der Waals surface area (Å²) in [6.45, 7) is 10.0. The average molecular weight is 637 g/mol. The maximum absolute atomic E-state index is 15.3. The second-order valence-electron chi connectivity index (χ2n) is 13.1. The number of alkyl halides is 2. The molecule has 7 nitrogen and oxygen atoms in total. The second kappa shape index (κ2) is 11.8. The molecule has 2 fully saturated rings. The monoisotopic (exact) mass is 636 g/mol. The standard InChI is InChI=1S/C34H39BF2N2O5S/c1-6-27-25(35-43-32(2,3)33(4,5)44-35)18-28(45-27)30(40)39-29-26(16-11-17-34(29,36)37)42-31(41)38-19-24-22-14-9-7-12-20(22)21-13-8-10-15-23(21)24/h7-10,12-15,18,24,26,29H,6,11,16-17,19H2,1-5H3,(H,38,41)(H,39,40)/t26-,29+/m0/s1. The Morgan fingerprint density at radius 3 is 2.20 bits per heavy atom. The molecule has 2 aliphatic carbocycles. The first-order chi connectivity index (χ1) is 21.3. The van der Waals surface area contributed by atoms with Crippen molar-refractivity contribution in [3.05, 3.63) is 75.5 Å². The van der Waals surface area contributed by atoms with Crippen LogP contribution in [0.1, 0.15) is 85.5 Å². The zero-order chi connectivity index (χ0) is 32.1. The van der Waals surface area contributed by atoms with E-state index in [1.54, 1.807) is 6.07 Å². The molecule has 0 radical (unpaired) electrons. The molecule has 3 aromatic rings. The zero-order valence-corrected chi connectivity index (χ0v) is 27.1. The molecule has 1 saturated carbocycles. The summed E-state index contributed by atoms with van der Waals surface area (Å²) in [5.41, 5.74) is 4.02. The molecule has 238 valence electrons. The topological polar surface area (TPSA) is 85.9 Å². The van der Waals surface area contributed by atoms with E-state index in [0.29, 0.717) is 6.42 Å². The van der Waals surface area contributed by atoms with Gasteiger partial charge < -0.3 is 24.7 Å². The van der Waals surface area contributed by atoms with Gasteiger partial charge in [0.1, 0.15) is 12.1 Å². The summed E-state index contributed by atoms with van der Waals surface area (Å²) in [6.07, 6.45) is -1.36. The highest BCUT2D eigenvalue weighted by Gasteiger charge is 2.53. The van der Waals surface area contributed by atoms with Crippen LogP contribution in [0.25, 0.3) is 11.1 Å². The summed E-state index contributed by atoms with van der Waals surface area (Å²) >= 11 is 1.23. The number of halogens is 2. The van der Waals surface area contributed by atoms with Crippen molar-refractivity contribution in [1.82, 2.24) is 10.6 Å². The van der Waals surface area contributed by atoms with Crippen LogP contribution < -0.4 is 16.1 Å². The lowest BCUT2D eigenvalue weighted by Gasteiger charge is -2.37. The summed E-state index contributed by atoms with van der Waals surface area (Å²) < 4.78 is 48.6. The highest BCUT2D eigenvalue weighted by Crippen LogP contribution is 2.44. The Balaban J connectivity index is 1.14. The average Bonchev–Trinajstić information content (AvgIpc) is 3.63. The molecule has 6 rings (SSSR count). The van der Waals surface area contributed by atoms with Gasteiger partial charge in [0.15, 0.2) is 0 Å². The molecule has 11 heteroatoms. The molecule has 2 aromatic carbocycles. The van der Waals surface area contributed by atoms with E-state index in [4.69, 9.17) is 14.0 Å². The van der Waals surface area contributed by atoms with Crippen LogP contribution in [-0.2, 0) is 20.5 Å². The number of nitrogens with one attached hydrogen (secondary N) is 2. The van der Waals surface area contributed by atoms with Crippen molar-refractivity contribution in [3.63, 3.8) is 0 Å². The number of rotatable bonds is 7. The Bertz CT molecular complexity index is 1550. The lowest BCUT2D eigenvalue weighted by atomic mass is 9.78. The molecule has 1 saturated heterocycles. The highest BCUT2D eigenvalue weighted by molar-refractivity contribution is 7.15. The molecule has 2 atom stereocenters. The van der Waals surface area contributed by atoms with Crippen molar-refractivity contribution in [1.29, 1.82) is 0 Å². The fraction of sp³-hybridized carbons (Fsp3) is 0.471. The predicted octanol–water partition coefficient (Wildman–Crippen LogP) is 6.43. The first-order valence-electron chi connectivity index (χ1n) is 15.6. The number of hydrogen-bond acceptors (Lipinski definition) is 6. The summed E-state index contributed by atoms with van der Waals surface area (Å²) in [5.74, 6) is -3.98. The van der Waals surface area contributed by atoms with Gasteiger partial charge in [0.05, 0.1) is 16.1 Å². The van der Waals surface area contributed by atoms with Crippen LogP contribution in [0.4, 0.5) is 13.6 Å². The molecule has 2 amide bonds. The number of benzene rings is 2. The smallest absolute Gasteiger partial charge is 0.444 e. The van der Waals surface area contributed by atoms with Gasteiger partial charge in [-0.1, -0.05) is 55.5 Å². The number of carbonyl (C=O) groups is 2. The molecule has 45 heavy (non-hydrogen) atoms. The maximum atomic E-state index is 15.3. The van der Waals surface area contributed by atoms with Gasteiger partial charge in [-0.25, -0.2) is 13.6 Å². The minimum absolute atomic E-state index is 0.0852. The third kappa shape index (κ3) is 5.90. The number of carbonyl (C=O) groups excluding carboxylic acids is 2. The molecule has 2 N–H and O–H groups in total. The van der Waals surface area contributed by atoms with Gasteiger partial charge in [0.25, 0.3) is 11.8 Å².